The van der Waals surface area contributed by atoms with Crippen LogP contribution in [0.2, 0.25) is 0 Å². The quantitative estimate of drug-likeness (QED) is 0.517. The van der Waals surface area contributed by atoms with Gasteiger partial charge in [-0.25, -0.2) is 8.42 Å². The summed E-state index contributed by atoms with van der Waals surface area (Å²) in [4.78, 5) is 0. The fourth-order valence-electron chi connectivity index (χ4n) is 0.874. The Balaban J connectivity index is 3.32. The zero-order valence-electron chi connectivity index (χ0n) is 7.47. The molecule has 0 aliphatic carbocycles. The second kappa shape index (κ2) is 3.33. The highest BCUT2D eigenvalue weighted by Gasteiger charge is 2.26. The van der Waals surface area contributed by atoms with Gasteiger partial charge in [-0.05, 0) is 19.9 Å². The van der Waals surface area contributed by atoms with Crippen molar-refractivity contribution in [2.75, 3.05) is 0 Å². The topological polar surface area (TPSA) is 61.1 Å². The number of hydrogen-bond donors (Lipinski definition) is 0. The molecule has 0 aromatic carbocycles. The summed E-state index contributed by atoms with van der Waals surface area (Å²) in [7, 11) is -3.46. The fraction of sp³-hybridized carbons (Fsp3) is 0.375. The molecule has 0 fully saturated rings. The maximum absolute atomic E-state index is 11.5. The van der Waals surface area contributed by atoms with Crippen LogP contribution in [0.5, 0.6) is 0 Å². The molecule has 0 bridgehead atoms. The van der Waals surface area contributed by atoms with E-state index >= 15 is 0 Å². The molecule has 0 aliphatic rings. The average molecular weight is 201 g/mol. The number of sulfone groups is 1. The molecule has 0 spiro atoms. The number of pyridine rings is 1. The van der Waals surface area contributed by atoms with E-state index in [4.69, 9.17) is 0 Å². The van der Waals surface area contributed by atoms with Gasteiger partial charge in [-0.15, -0.1) is 0 Å². The van der Waals surface area contributed by atoms with Crippen LogP contribution >= 0.6 is 0 Å². The van der Waals surface area contributed by atoms with Crippen molar-refractivity contribution in [2.45, 2.75) is 24.1 Å². The normalized spacial score (nSPS) is 11.9. The van der Waals surface area contributed by atoms with Gasteiger partial charge in [-0.1, -0.05) is 0 Å². The Kier molecular flexibility index (Phi) is 2.56. The molecule has 1 aromatic heterocycles. The van der Waals surface area contributed by atoms with Crippen LogP contribution in [-0.4, -0.2) is 13.7 Å². The van der Waals surface area contributed by atoms with E-state index in [1.54, 1.807) is 13.8 Å². The molecule has 13 heavy (non-hydrogen) atoms. The van der Waals surface area contributed by atoms with Gasteiger partial charge in [0.05, 0.1) is 5.25 Å². The molecule has 72 valence electrons. The second-order valence-electron chi connectivity index (χ2n) is 2.96. The van der Waals surface area contributed by atoms with Crippen LogP contribution < -0.4 is 4.73 Å². The Labute approximate surface area is 77.3 Å². The van der Waals surface area contributed by atoms with E-state index in [9.17, 15) is 13.6 Å². The Morgan fingerprint density at radius 3 is 2.46 bits per heavy atom. The van der Waals surface area contributed by atoms with Gasteiger partial charge in [0.15, 0.2) is 6.20 Å². The first-order valence-electron chi connectivity index (χ1n) is 3.88. The summed E-state index contributed by atoms with van der Waals surface area (Å²) >= 11 is 0. The molecule has 4 nitrogen and oxygen atoms in total. The highest BCUT2D eigenvalue weighted by Crippen LogP contribution is 2.10. The van der Waals surface area contributed by atoms with Crippen molar-refractivity contribution in [3.8, 4) is 0 Å². The third-order valence-corrected chi connectivity index (χ3v) is 3.84. The fourth-order valence-corrected chi connectivity index (χ4v) is 1.94. The van der Waals surface area contributed by atoms with E-state index in [1.165, 1.54) is 24.4 Å². The molecular formula is C8H11NO3S. The second-order valence-corrected chi connectivity index (χ2v) is 5.41. The van der Waals surface area contributed by atoms with Crippen LogP contribution in [0.1, 0.15) is 13.8 Å². The summed E-state index contributed by atoms with van der Waals surface area (Å²) in [6.45, 7) is 3.09. The van der Waals surface area contributed by atoms with Gasteiger partial charge in [-0.2, -0.15) is 4.73 Å². The van der Waals surface area contributed by atoms with Crippen molar-refractivity contribution in [3.63, 3.8) is 0 Å². The third-order valence-electron chi connectivity index (χ3n) is 1.70. The van der Waals surface area contributed by atoms with Gasteiger partial charge in [-0.3, -0.25) is 0 Å². The summed E-state index contributed by atoms with van der Waals surface area (Å²) in [5, 5.41) is 10.3. The number of hydrogen-bond acceptors (Lipinski definition) is 3. The van der Waals surface area contributed by atoms with E-state index < -0.39 is 15.1 Å². The van der Waals surface area contributed by atoms with E-state index in [2.05, 4.69) is 0 Å². The molecule has 0 unspecified atom stereocenters. The number of aromatic nitrogens is 1. The summed E-state index contributed by atoms with van der Waals surface area (Å²) in [6, 6.07) is 4.33. The van der Waals surface area contributed by atoms with Crippen molar-refractivity contribution in [1.82, 2.24) is 0 Å². The van der Waals surface area contributed by atoms with Gasteiger partial charge in [0.2, 0.25) is 9.84 Å². The van der Waals surface area contributed by atoms with Gasteiger partial charge < -0.3 is 5.21 Å². The lowest BCUT2D eigenvalue weighted by molar-refractivity contribution is -0.646. The molecule has 0 N–H and O–H groups in total. The minimum absolute atomic E-state index is 0.190. The monoisotopic (exact) mass is 201 g/mol. The van der Waals surface area contributed by atoms with Crippen LogP contribution in [0.4, 0.5) is 0 Å². The minimum Gasteiger partial charge on any atom is -0.618 e. The predicted molar refractivity (Wildman–Crippen MR) is 47.7 cm³/mol. The maximum atomic E-state index is 11.5. The summed E-state index contributed by atoms with van der Waals surface area (Å²) < 4.78 is 23.4. The first kappa shape index (κ1) is 9.98. The van der Waals surface area contributed by atoms with Gasteiger partial charge >= 0.3 is 5.03 Å². The van der Waals surface area contributed by atoms with Crippen molar-refractivity contribution >= 4 is 9.84 Å². The van der Waals surface area contributed by atoms with Gasteiger partial charge in [0.25, 0.3) is 0 Å². The van der Waals surface area contributed by atoms with Crippen molar-refractivity contribution < 1.29 is 13.1 Å². The van der Waals surface area contributed by atoms with Crippen LogP contribution in [0.25, 0.3) is 0 Å². The molecule has 0 radical (unpaired) electrons. The van der Waals surface area contributed by atoms with Crippen molar-refractivity contribution in [3.05, 3.63) is 29.6 Å². The Morgan fingerprint density at radius 1 is 1.38 bits per heavy atom. The molecule has 1 rings (SSSR count). The number of rotatable bonds is 2. The molecule has 0 saturated carbocycles. The Bertz CT molecular complexity index is 398. The SMILES string of the molecule is CC(C)S(=O)(=O)c1cccc[n+]1[O-]. The summed E-state index contributed by atoms with van der Waals surface area (Å²) in [6.07, 6.45) is 1.18. The van der Waals surface area contributed by atoms with Gasteiger partial charge in [0.1, 0.15) is 0 Å². The Morgan fingerprint density at radius 2 is 2.00 bits per heavy atom. The lowest BCUT2D eigenvalue weighted by atomic mass is 10.5. The molecule has 0 saturated heterocycles. The zero-order valence-corrected chi connectivity index (χ0v) is 8.28. The first-order chi connectivity index (χ1) is 5.96. The van der Waals surface area contributed by atoms with Crippen LogP contribution in [0.3, 0.4) is 0 Å². The third kappa shape index (κ3) is 1.80. The lowest BCUT2D eigenvalue weighted by Gasteiger charge is -2.06. The average Bonchev–Trinajstić information content (AvgIpc) is 2.04. The van der Waals surface area contributed by atoms with Crippen LogP contribution in [-0.2, 0) is 9.84 Å². The standard InChI is InChI=1S/C8H11NO3S/c1-7(2)13(11,12)8-5-3-4-6-9(8)10/h3-7H,1-2H3. The smallest absolute Gasteiger partial charge is 0.308 e. The number of nitrogens with zero attached hydrogens (tertiary/aromatic N) is 1. The molecule has 1 aromatic rings. The minimum atomic E-state index is -3.46. The van der Waals surface area contributed by atoms with E-state index in [-0.39, 0.29) is 5.03 Å². The predicted octanol–water partition coefficient (Wildman–Crippen LogP) is 0.502. The molecule has 0 aliphatic heterocycles. The zero-order chi connectivity index (χ0) is 10.1. The van der Waals surface area contributed by atoms with Crippen molar-refractivity contribution in [2.24, 2.45) is 0 Å². The van der Waals surface area contributed by atoms with E-state index in [0.29, 0.717) is 4.73 Å². The maximum Gasteiger partial charge on any atom is 0.308 e. The van der Waals surface area contributed by atoms with Crippen LogP contribution in [0, 0.1) is 5.21 Å². The molecular weight excluding hydrogens is 190 g/mol. The molecule has 1 heterocycles. The molecule has 0 atom stereocenters. The molecule has 5 heteroatoms. The molecule has 0 amide bonds. The lowest BCUT2D eigenvalue weighted by Crippen LogP contribution is -2.35. The summed E-state index contributed by atoms with van der Waals surface area (Å²) in [5.41, 5.74) is 0. The van der Waals surface area contributed by atoms with Gasteiger partial charge in [0, 0.05) is 12.1 Å². The van der Waals surface area contributed by atoms with E-state index in [1.807, 2.05) is 0 Å². The summed E-state index contributed by atoms with van der Waals surface area (Å²) in [5.74, 6) is 0. The van der Waals surface area contributed by atoms with Crippen molar-refractivity contribution in [1.29, 1.82) is 0 Å². The Hall–Kier alpha value is -1.10. The van der Waals surface area contributed by atoms with E-state index in [0.717, 1.165) is 0 Å². The highest BCUT2D eigenvalue weighted by atomic mass is 32.2. The van der Waals surface area contributed by atoms with Crippen LogP contribution in [0.15, 0.2) is 29.4 Å². The highest BCUT2D eigenvalue weighted by molar-refractivity contribution is 7.91. The largest absolute Gasteiger partial charge is 0.618 e. The first-order valence-corrected chi connectivity index (χ1v) is 5.43.